The maximum atomic E-state index is 12.9. The van der Waals surface area contributed by atoms with Crippen molar-refractivity contribution in [3.8, 4) is 0 Å². The summed E-state index contributed by atoms with van der Waals surface area (Å²) in [5.74, 6) is -0.235. The first-order valence-corrected chi connectivity index (χ1v) is 9.48. The van der Waals surface area contributed by atoms with E-state index in [9.17, 15) is 14.3 Å². The van der Waals surface area contributed by atoms with Crippen LogP contribution in [0.25, 0.3) is 0 Å². The molecule has 0 radical (unpaired) electrons. The first kappa shape index (κ1) is 22.1. The van der Waals surface area contributed by atoms with Crippen LogP contribution in [0.15, 0.2) is 29.3 Å². The van der Waals surface area contributed by atoms with E-state index in [1.165, 1.54) is 24.3 Å². The Balaban J connectivity index is 1.83. The van der Waals surface area contributed by atoms with Crippen molar-refractivity contribution in [2.45, 2.75) is 19.4 Å². The van der Waals surface area contributed by atoms with E-state index >= 15 is 0 Å². The van der Waals surface area contributed by atoms with Gasteiger partial charge in [0.15, 0.2) is 5.96 Å². The molecule has 1 amide bonds. The summed E-state index contributed by atoms with van der Waals surface area (Å²) in [6.07, 6.45) is 0. The molecule has 1 fully saturated rings. The SMILES string of the molecule is CCNC(=NCC(=O)Nc1ccc(F)cc1)NCC(C)(O)CN1CCOCC1. The highest BCUT2D eigenvalue weighted by Gasteiger charge is 2.25. The average molecular weight is 395 g/mol. The van der Waals surface area contributed by atoms with Gasteiger partial charge in [-0.05, 0) is 38.1 Å². The minimum absolute atomic E-state index is 0.0989. The van der Waals surface area contributed by atoms with Crippen LogP contribution in [-0.2, 0) is 9.53 Å². The number of guanidine groups is 1. The molecule has 156 valence electrons. The smallest absolute Gasteiger partial charge is 0.246 e. The third-order valence-electron chi connectivity index (χ3n) is 4.16. The van der Waals surface area contributed by atoms with Crippen LogP contribution < -0.4 is 16.0 Å². The lowest BCUT2D eigenvalue weighted by Crippen LogP contribution is -2.53. The fourth-order valence-electron chi connectivity index (χ4n) is 2.80. The number of ether oxygens (including phenoxy) is 1. The van der Waals surface area contributed by atoms with E-state index < -0.39 is 5.60 Å². The summed E-state index contributed by atoms with van der Waals surface area (Å²) in [5.41, 5.74) is -0.447. The Labute approximate surface area is 165 Å². The Hall–Kier alpha value is -2.23. The van der Waals surface area contributed by atoms with Gasteiger partial charge in [-0.25, -0.2) is 9.38 Å². The van der Waals surface area contributed by atoms with Crippen molar-refractivity contribution in [1.29, 1.82) is 0 Å². The number of benzene rings is 1. The van der Waals surface area contributed by atoms with Crippen molar-refractivity contribution in [2.75, 3.05) is 57.8 Å². The van der Waals surface area contributed by atoms with Gasteiger partial charge in [0.2, 0.25) is 5.91 Å². The molecule has 0 saturated carbocycles. The number of hydrogen-bond donors (Lipinski definition) is 4. The van der Waals surface area contributed by atoms with Crippen LogP contribution in [0.4, 0.5) is 10.1 Å². The predicted octanol–water partition coefficient (Wildman–Crippen LogP) is 0.403. The average Bonchev–Trinajstić information content (AvgIpc) is 2.66. The van der Waals surface area contributed by atoms with E-state index in [0.717, 1.165) is 13.1 Å². The number of anilines is 1. The number of nitrogens with one attached hydrogen (secondary N) is 3. The number of halogens is 1. The second-order valence-corrected chi connectivity index (χ2v) is 6.99. The summed E-state index contributed by atoms with van der Waals surface area (Å²) in [6.45, 7) is 7.97. The van der Waals surface area contributed by atoms with Gasteiger partial charge in [0.1, 0.15) is 12.4 Å². The van der Waals surface area contributed by atoms with E-state index in [2.05, 4.69) is 25.8 Å². The van der Waals surface area contributed by atoms with Gasteiger partial charge in [0, 0.05) is 38.4 Å². The van der Waals surface area contributed by atoms with Gasteiger partial charge < -0.3 is 25.8 Å². The number of aliphatic imine (C=N–C) groups is 1. The number of hydrogen-bond acceptors (Lipinski definition) is 5. The molecule has 2 rings (SSSR count). The molecule has 1 atom stereocenters. The summed E-state index contributed by atoms with van der Waals surface area (Å²) >= 11 is 0. The van der Waals surface area contributed by atoms with Gasteiger partial charge in [0.05, 0.1) is 18.8 Å². The van der Waals surface area contributed by atoms with Crippen LogP contribution in [0.3, 0.4) is 0 Å². The molecule has 1 aliphatic heterocycles. The van der Waals surface area contributed by atoms with E-state index in [-0.39, 0.29) is 24.8 Å². The highest BCUT2D eigenvalue weighted by Crippen LogP contribution is 2.08. The largest absolute Gasteiger partial charge is 0.387 e. The normalized spacial score (nSPS) is 17.6. The van der Waals surface area contributed by atoms with Crippen molar-refractivity contribution in [2.24, 2.45) is 4.99 Å². The number of nitrogens with zero attached hydrogens (tertiary/aromatic N) is 2. The molecule has 4 N–H and O–H groups in total. The lowest BCUT2D eigenvalue weighted by Gasteiger charge is -2.34. The number of carbonyl (C=O) groups is 1. The fourth-order valence-corrected chi connectivity index (χ4v) is 2.80. The Morgan fingerprint density at radius 3 is 2.61 bits per heavy atom. The topological polar surface area (TPSA) is 98.2 Å². The first-order chi connectivity index (χ1) is 13.4. The monoisotopic (exact) mass is 395 g/mol. The fraction of sp³-hybridized carbons (Fsp3) is 0.579. The Kier molecular flexibility index (Phi) is 8.62. The van der Waals surface area contributed by atoms with Gasteiger partial charge in [-0.2, -0.15) is 0 Å². The van der Waals surface area contributed by atoms with Crippen LogP contribution in [0, 0.1) is 5.82 Å². The van der Waals surface area contributed by atoms with E-state index in [0.29, 0.717) is 38.0 Å². The molecule has 1 aromatic rings. The molecule has 0 spiro atoms. The molecule has 28 heavy (non-hydrogen) atoms. The highest BCUT2D eigenvalue weighted by atomic mass is 19.1. The highest BCUT2D eigenvalue weighted by molar-refractivity contribution is 5.94. The van der Waals surface area contributed by atoms with E-state index in [1.807, 2.05) is 6.92 Å². The summed E-state index contributed by atoms with van der Waals surface area (Å²) in [6, 6.07) is 5.54. The Bertz CT molecular complexity index is 645. The van der Waals surface area contributed by atoms with Crippen LogP contribution in [-0.4, -0.2) is 80.0 Å². The molecule has 0 aliphatic carbocycles. The lowest BCUT2D eigenvalue weighted by molar-refractivity contribution is -0.114. The molecule has 1 heterocycles. The zero-order valence-electron chi connectivity index (χ0n) is 16.5. The molecule has 1 aromatic carbocycles. The van der Waals surface area contributed by atoms with Crippen LogP contribution in [0.1, 0.15) is 13.8 Å². The van der Waals surface area contributed by atoms with Crippen LogP contribution in [0.2, 0.25) is 0 Å². The number of aliphatic hydroxyl groups is 1. The molecular formula is C19H30FN5O3. The first-order valence-electron chi connectivity index (χ1n) is 9.48. The number of rotatable bonds is 8. The Morgan fingerprint density at radius 1 is 1.29 bits per heavy atom. The molecule has 1 unspecified atom stereocenters. The van der Waals surface area contributed by atoms with Crippen LogP contribution >= 0.6 is 0 Å². The molecular weight excluding hydrogens is 365 g/mol. The van der Waals surface area contributed by atoms with E-state index in [1.54, 1.807) is 6.92 Å². The maximum absolute atomic E-state index is 12.9. The van der Waals surface area contributed by atoms with E-state index in [4.69, 9.17) is 4.74 Å². The quantitative estimate of drug-likeness (QED) is 0.376. The summed E-state index contributed by atoms with van der Waals surface area (Å²) < 4.78 is 18.2. The molecule has 8 nitrogen and oxygen atoms in total. The predicted molar refractivity (Wildman–Crippen MR) is 107 cm³/mol. The Morgan fingerprint density at radius 2 is 1.96 bits per heavy atom. The van der Waals surface area contributed by atoms with Crippen LogP contribution in [0.5, 0.6) is 0 Å². The number of morpholine rings is 1. The van der Waals surface area contributed by atoms with Crippen molar-refractivity contribution >= 4 is 17.6 Å². The second kappa shape index (κ2) is 10.9. The minimum atomic E-state index is -0.954. The van der Waals surface area contributed by atoms with Crippen molar-refractivity contribution in [3.63, 3.8) is 0 Å². The van der Waals surface area contributed by atoms with Crippen molar-refractivity contribution in [1.82, 2.24) is 15.5 Å². The van der Waals surface area contributed by atoms with Crippen molar-refractivity contribution < 1.29 is 19.0 Å². The number of amides is 1. The van der Waals surface area contributed by atoms with Gasteiger partial charge in [-0.3, -0.25) is 9.69 Å². The third kappa shape index (κ3) is 8.20. The zero-order valence-corrected chi connectivity index (χ0v) is 16.5. The third-order valence-corrected chi connectivity index (χ3v) is 4.16. The molecule has 0 bridgehead atoms. The molecule has 0 aromatic heterocycles. The lowest BCUT2D eigenvalue weighted by atomic mass is 10.1. The van der Waals surface area contributed by atoms with Gasteiger partial charge in [-0.15, -0.1) is 0 Å². The van der Waals surface area contributed by atoms with Crippen molar-refractivity contribution in [3.05, 3.63) is 30.1 Å². The molecule has 9 heteroatoms. The second-order valence-electron chi connectivity index (χ2n) is 6.99. The maximum Gasteiger partial charge on any atom is 0.246 e. The van der Waals surface area contributed by atoms with Gasteiger partial charge >= 0.3 is 0 Å². The number of carbonyl (C=O) groups excluding carboxylic acids is 1. The molecule has 1 aliphatic rings. The standard InChI is InChI=1S/C19H30FN5O3/c1-3-21-18(22-12-17(26)24-16-6-4-15(20)5-7-16)23-13-19(2,27)14-25-8-10-28-11-9-25/h4-7,27H,3,8-14H2,1-2H3,(H,24,26)(H2,21,22,23). The van der Waals surface area contributed by atoms with Gasteiger partial charge in [-0.1, -0.05) is 0 Å². The van der Waals surface area contributed by atoms with Gasteiger partial charge in [0.25, 0.3) is 0 Å². The molecule has 1 saturated heterocycles. The zero-order chi connectivity index (χ0) is 20.4. The number of β-amino-alcohol motifs (C(OH)–C–C–N with tert-alkyl or cyclic N) is 1. The summed E-state index contributed by atoms with van der Waals surface area (Å²) in [7, 11) is 0. The summed E-state index contributed by atoms with van der Waals surface area (Å²) in [4.78, 5) is 18.4. The summed E-state index contributed by atoms with van der Waals surface area (Å²) in [5, 5.41) is 19.4. The minimum Gasteiger partial charge on any atom is -0.387 e.